The van der Waals surface area contributed by atoms with Crippen LogP contribution < -0.4 is 10.9 Å². The molecule has 6 heteroatoms. The van der Waals surface area contributed by atoms with Gasteiger partial charge in [0.2, 0.25) is 0 Å². The van der Waals surface area contributed by atoms with Crippen molar-refractivity contribution in [2.45, 2.75) is 33.2 Å². The van der Waals surface area contributed by atoms with Gasteiger partial charge in [-0.15, -0.1) is 0 Å². The number of carbonyl (C=O) groups excluding carboxylic acids is 2. The van der Waals surface area contributed by atoms with Crippen LogP contribution in [-0.2, 0) is 6.54 Å². The van der Waals surface area contributed by atoms with E-state index in [0.29, 0.717) is 29.5 Å². The summed E-state index contributed by atoms with van der Waals surface area (Å²) in [6.07, 6.45) is 4.74. The first kappa shape index (κ1) is 18.0. The summed E-state index contributed by atoms with van der Waals surface area (Å²) in [5, 5.41) is 2.47. The summed E-state index contributed by atoms with van der Waals surface area (Å²) in [5.74, 6) is 0.454. The van der Waals surface area contributed by atoms with Crippen LogP contribution in [0.3, 0.4) is 0 Å². The maximum Gasteiger partial charge on any atom is 0.263 e. The van der Waals surface area contributed by atoms with Gasteiger partial charge in [0.15, 0.2) is 5.78 Å². The largest absolute Gasteiger partial charge is 0.355 e. The summed E-state index contributed by atoms with van der Waals surface area (Å²) >= 11 is 0. The van der Waals surface area contributed by atoms with Crippen molar-refractivity contribution in [2.24, 2.45) is 11.8 Å². The molecule has 0 unspecified atom stereocenters. The molecule has 2 heterocycles. The lowest BCUT2D eigenvalue weighted by atomic mass is 10.0. The predicted octanol–water partition coefficient (Wildman–Crippen LogP) is 2.19. The number of aryl methyl sites for hydroxylation is 1. The van der Waals surface area contributed by atoms with Gasteiger partial charge < -0.3 is 9.88 Å². The summed E-state index contributed by atoms with van der Waals surface area (Å²) in [6.45, 7) is 4.28. The number of ketones is 1. The Labute approximate surface area is 152 Å². The van der Waals surface area contributed by atoms with Crippen LogP contribution in [0.15, 0.2) is 35.4 Å². The monoisotopic (exact) mass is 353 g/mol. The van der Waals surface area contributed by atoms with E-state index >= 15 is 0 Å². The first-order chi connectivity index (χ1) is 12.4. The van der Waals surface area contributed by atoms with E-state index in [1.165, 1.54) is 17.7 Å². The van der Waals surface area contributed by atoms with Crippen molar-refractivity contribution in [1.29, 1.82) is 0 Å². The van der Waals surface area contributed by atoms with E-state index in [1.807, 2.05) is 19.1 Å². The van der Waals surface area contributed by atoms with Gasteiger partial charge >= 0.3 is 0 Å². The van der Waals surface area contributed by atoms with Gasteiger partial charge in [0.1, 0.15) is 5.56 Å². The molecule has 0 spiro atoms. The number of aromatic nitrogens is 2. The van der Waals surface area contributed by atoms with Crippen molar-refractivity contribution in [3.05, 3.63) is 63.3 Å². The number of pyridine rings is 2. The average Bonchev–Trinajstić information content (AvgIpc) is 3.30. The summed E-state index contributed by atoms with van der Waals surface area (Å²) in [5.41, 5.74) is 1.69. The molecule has 0 saturated heterocycles. The van der Waals surface area contributed by atoms with Gasteiger partial charge in [-0.2, -0.15) is 0 Å². The minimum absolute atomic E-state index is 0.0187. The first-order valence-electron chi connectivity index (χ1n) is 8.80. The molecule has 26 heavy (non-hydrogen) atoms. The number of rotatable bonds is 6. The second-order valence-electron chi connectivity index (χ2n) is 7.08. The summed E-state index contributed by atoms with van der Waals surface area (Å²) < 4.78 is 1.40. The van der Waals surface area contributed by atoms with Crippen LogP contribution in [0, 0.1) is 18.8 Å². The quantitative estimate of drug-likeness (QED) is 0.807. The molecule has 0 aromatic carbocycles. The Morgan fingerprint density at radius 2 is 2.08 bits per heavy atom. The lowest BCUT2D eigenvalue weighted by Gasteiger charge is -2.11. The van der Waals surface area contributed by atoms with Gasteiger partial charge in [-0.1, -0.05) is 6.92 Å². The van der Waals surface area contributed by atoms with Crippen molar-refractivity contribution in [1.82, 2.24) is 14.9 Å². The molecule has 2 aromatic rings. The molecule has 1 amide bonds. The van der Waals surface area contributed by atoms with E-state index in [2.05, 4.69) is 17.2 Å². The van der Waals surface area contributed by atoms with Crippen LogP contribution in [0.2, 0.25) is 0 Å². The van der Waals surface area contributed by atoms with Crippen molar-refractivity contribution >= 4 is 11.7 Å². The van der Waals surface area contributed by atoms with Gasteiger partial charge in [0.05, 0.1) is 12.2 Å². The van der Waals surface area contributed by atoms with Crippen molar-refractivity contribution in [2.75, 3.05) is 7.05 Å². The van der Waals surface area contributed by atoms with Crippen LogP contribution in [-0.4, -0.2) is 28.3 Å². The number of nitrogens with one attached hydrogen (secondary N) is 1. The lowest BCUT2D eigenvalue weighted by Crippen LogP contribution is -2.32. The molecule has 0 bridgehead atoms. The Morgan fingerprint density at radius 3 is 2.69 bits per heavy atom. The molecular formula is C20H23N3O3. The van der Waals surface area contributed by atoms with E-state index in [-0.39, 0.29) is 17.9 Å². The highest BCUT2D eigenvalue weighted by Gasteiger charge is 2.34. The summed E-state index contributed by atoms with van der Waals surface area (Å²) in [6, 6.07) is 5.17. The smallest absolute Gasteiger partial charge is 0.263 e. The van der Waals surface area contributed by atoms with Gasteiger partial charge in [-0.3, -0.25) is 19.4 Å². The Hall–Kier alpha value is -2.76. The van der Waals surface area contributed by atoms with Crippen LogP contribution in [0.4, 0.5) is 0 Å². The number of carbonyl (C=O) groups is 2. The molecule has 1 N–H and O–H groups in total. The highest BCUT2D eigenvalue weighted by Crippen LogP contribution is 2.41. The standard InChI is InChI=1S/C20H23N3O3/c1-12-4-5-22-16(6-12)11-23-10-15(18(24)9-14-7-13(14)2)8-17(20(23)26)19(25)21-3/h4-6,8,10,13-14H,7,9,11H2,1-3H3,(H,21,25)/t13-,14+/m0/s1. The number of hydrogen-bond acceptors (Lipinski definition) is 4. The fraction of sp³-hybridized carbons (Fsp3) is 0.400. The first-order valence-corrected chi connectivity index (χ1v) is 8.80. The maximum absolute atomic E-state index is 12.7. The minimum atomic E-state index is -0.490. The third-order valence-corrected chi connectivity index (χ3v) is 4.91. The number of hydrogen-bond donors (Lipinski definition) is 1. The fourth-order valence-electron chi connectivity index (χ4n) is 3.10. The molecular weight excluding hydrogens is 330 g/mol. The van der Waals surface area contributed by atoms with E-state index < -0.39 is 11.5 Å². The molecule has 1 aliphatic rings. The highest BCUT2D eigenvalue weighted by molar-refractivity contribution is 6.00. The van der Waals surface area contributed by atoms with Crippen LogP contribution >= 0.6 is 0 Å². The SMILES string of the molecule is CNC(=O)c1cc(C(=O)C[C@H]2C[C@@H]2C)cn(Cc2cc(C)ccn2)c1=O. The lowest BCUT2D eigenvalue weighted by molar-refractivity contribution is 0.0961. The number of amides is 1. The molecule has 2 aromatic heterocycles. The van der Waals surface area contributed by atoms with Crippen molar-refractivity contribution in [3.63, 3.8) is 0 Å². The van der Waals surface area contributed by atoms with Crippen molar-refractivity contribution < 1.29 is 9.59 Å². The van der Waals surface area contributed by atoms with Gasteiger partial charge in [-0.25, -0.2) is 0 Å². The molecule has 136 valence electrons. The zero-order chi connectivity index (χ0) is 18.8. The number of nitrogens with zero attached hydrogens (tertiary/aromatic N) is 2. The van der Waals surface area contributed by atoms with Gasteiger partial charge in [-0.05, 0) is 48.9 Å². The Kier molecular flexibility index (Phi) is 5.02. The Balaban J connectivity index is 1.98. The molecule has 1 fully saturated rings. The van der Waals surface area contributed by atoms with Crippen LogP contribution in [0.5, 0.6) is 0 Å². The van der Waals surface area contributed by atoms with E-state index in [0.717, 1.165) is 12.0 Å². The maximum atomic E-state index is 12.7. The van der Waals surface area contributed by atoms with E-state index in [1.54, 1.807) is 12.4 Å². The van der Waals surface area contributed by atoms with Crippen LogP contribution in [0.1, 0.15) is 51.7 Å². The topological polar surface area (TPSA) is 81.1 Å². The molecule has 6 nitrogen and oxygen atoms in total. The number of Topliss-reactive ketones (excluding diaryl/α,β-unsaturated/α-hetero) is 1. The van der Waals surface area contributed by atoms with Gasteiger partial charge in [0, 0.05) is 31.4 Å². The molecule has 0 aliphatic heterocycles. The normalized spacial score (nSPS) is 18.4. The Bertz CT molecular complexity index is 917. The zero-order valence-corrected chi connectivity index (χ0v) is 15.3. The van der Waals surface area contributed by atoms with E-state index in [9.17, 15) is 14.4 Å². The van der Waals surface area contributed by atoms with Crippen molar-refractivity contribution in [3.8, 4) is 0 Å². The predicted molar refractivity (Wildman–Crippen MR) is 98.4 cm³/mol. The molecule has 3 rings (SSSR count). The Morgan fingerprint density at radius 1 is 1.35 bits per heavy atom. The minimum Gasteiger partial charge on any atom is -0.355 e. The molecule has 1 aliphatic carbocycles. The van der Waals surface area contributed by atoms with E-state index in [4.69, 9.17) is 0 Å². The third-order valence-electron chi connectivity index (χ3n) is 4.91. The third kappa shape index (κ3) is 3.90. The molecule has 0 radical (unpaired) electrons. The fourth-order valence-corrected chi connectivity index (χ4v) is 3.10. The summed E-state index contributed by atoms with van der Waals surface area (Å²) in [4.78, 5) is 41.7. The van der Waals surface area contributed by atoms with Gasteiger partial charge in [0.25, 0.3) is 11.5 Å². The second kappa shape index (κ2) is 7.23. The average molecular weight is 353 g/mol. The molecule has 2 atom stereocenters. The highest BCUT2D eigenvalue weighted by atomic mass is 16.2. The van der Waals surface area contributed by atoms with Crippen LogP contribution in [0.25, 0.3) is 0 Å². The summed E-state index contributed by atoms with van der Waals surface area (Å²) in [7, 11) is 1.47. The second-order valence-corrected chi connectivity index (χ2v) is 7.08. The molecule has 1 saturated carbocycles. The zero-order valence-electron chi connectivity index (χ0n) is 15.3.